The molecule has 4 rings (SSSR count). The third-order valence-corrected chi connectivity index (χ3v) is 7.10. The molecule has 1 aromatic carbocycles. The first kappa shape index (κ1) is 22.1. The molecule has 2 aromatic rings. The number of anilines is 2. The van der Waals surface area contributed by atoms with Gasteiger partial charge < -0.3 is 10.2 Å². The summed E-state index contributed by atoms with van der Waals surface area (Å²) in [5, 5.41) is 2.90. The second-order valence-electron chi connectivity index (χ2n) is 7.61. The van der Waals surface area contributed by atoms with Gasteiger partial charge in [0.05, 0.1) is 11.3 Å². The molecule has 0 fully saturated rings. The molecule has 2 aliphatic heterocycles. The Morgan fingerprint density at radius 3 is 2.59 bits per heavy atom. The summed E-state index contributed by atoms with van der Waals surface area (Å²) in [6.45, 7) is 7.10. The number of amidine groups is 1. The van der Waals surface area contributed by atoms with Crippen LogP contribution in [-0.2, 0) is 14.8 Å². The van der Waals surface area contributed by atoms with Gasteiger partial charge in [-0.05, 0) is 50.3 Å². The molecule has 0 saturated carbocycles. The number of carbonyl (C=O) groups is 2. The Labute approximate surface area is 187 Å². The van der Waals surface area contributed by atoms with Gasteiger partial charge in [0.1, 0.15) is 16.5 Å². The van der Waals surface area contributed by atoms with E-state index in [1.54, 1.807) is 30.3 Å². The lowest BCUT2D eigenvalue weighted by atomic mass is 9.90. The molecular formula is C22H25N5O4S. The van der Waals surface area contributed by atoms with Crippen LogP contribution in [0.5, 0.6) is 0 Å². The predicted octanol–water partition coefficient (Wildman–Crippen LogP) is 2.17. The van der Waals surface area contributed by atoms with Gasteiger partial charge in [0.25, 0.3) is 10.0 Å². The third-order valence-electron chi connectivity index (χ3n) is 5.75. The average Bonchev–Trinajstić information content (AvgIpc) is 2.78. The molecule has 1 N–H and O–H groups in total. The van der Waals surface area contributed by atoms with Crippen molar-refractivity contribution < 1.29 is 18.0 Å². The first-order valence-electron chi connectivity index (χ1n) is 10.6. The van der Waals surface area contributed by atoms with E-state index in [-0.39, 0.29) is 16.3 Å². The second kappa shape index (κ2) is 8.79. The van der Waals surface area contributed by atoms with Crippen molar-refractivity contribution in [3.63, 3.8) is 0 Å². The smallest absolute Gasteiger partial charge is 0.286 e. The molecular weight excluding hydrogens is 430 g/mol. The maximum atomic E-state index is 13.5. The van der Waals surface area contributed by atoms with Crippen molar-refractivity contribution >= 4 is 39.1 Å². The van der Waals surface area contributed by atoms with Crippen LogP contribution in [0.3, 0.4) is 0 Å². The van der Waals surface area contributed by atoms with Crippen LogP contribution in [0.2, 0.25) is 0 Å². The van der Waals surface area contributed by atoms with Gasteiger partial charge in [-0.15, -0.1) is 4.40 Å². The summed E-state index contributed by atoms with van der Waals surface area (Å²) < 4.78 is 29.2. The number of nitrogens with one attached hydrogen (secondary N) is 1. The zero-order valence-electron chi connectivity index (χ0n) is 18.0. The Bertz CT molecular complexity index is 1190. The first-order valence-corrected chi connectivity index (χ1v) is 12.0. The van der Waals surface area contributed by atoms with Crippen molar-refractivity contribution in [1.29, 1.82) is 0 Å². The highest BCUT2D eigenvalue weighted by Crippen LogP contribution is 2.33. The molecule has 0 bridgehead atoms. The lowest BCUT2D eigenvalue weighted by molar-refractivity contribution is -0.119. The highest BCUT2D eigenvalue weighted by atomic mass is 32.2. The van der Waals surface area contributed by atoms with Crippen LogP contribution in [-0.4, -0.2) is 62.0 Å². The van der Waals surface area contributed by atoms with E-state index in [9.17, 15) is 18.0 Å². The topological polar surface area (TPSA) is 112 Å². The number of ketones is 1. The van der Waals surface area contributed by atoms with E-state index in [2.05, 4.69) is 33.4 Å². The highest BCUT2D eigenvalue weighted by molar-refractivity contribution is 7.90. The fourth-order valence-corrected chi connectivity index (χ4v) is 5.20. The number of pyridine rings is 1. The summed E-state index contributed by atoms with van der Waals surface area (Å²) in [6, 6.07) is 9.51. The van der Waals surface area contributed by atoms with Crippen molar-refractivity contribution in [3.8, 4) is 0 Å². The lowest BCUT2D eigenvalue weighted by Gasteiger charge is -2.34. The van der Waals surface area contributed by atoms with Crippen LogP contribution < -0.4 is 10.2 Å². The maximum Gasteiger partial charge on any atom is 0.286 e. The van der Waals surface area contributed by atoms with E-state index in [0.29, 0.717) is 24.5 Å². The SMILES string of the molecule is CCN(CC)CCCN1C(=O)C(C2=NS(=O)(=O)c3ccccc3N2)C(=O)c2cccnc21. The Morgan fingerprint density at radius 1 is 1.09 bits per heavy atom. The molecule has 10 heteroatoms. The van der Waals surface area contributed by atoms with Gasteiger partial charge in [0.2, 0.25) is 5.91 Å². The first-order chi connectivity index (χ1) is 15.4. The molecule has 1 amide bonds. The number of hydrogen-bond acceptors (Lipinski definition) is 7. The summed E-state index contributed by atoms with van der Waals surface area (Å²) in [5.41, 5.74) is 0.573. The van der Waals surface area contributed by atoms with E-state index in [4.69, 9.17) is 0 Å². The number of hydrogen-bond donors (Lipinski definition) is 1. The molecule has 32 heavy (non-hydrogen) atoms. The number of rotatable bonds is 7. The summed E-state index contributed by atoms with van der Waals surface area (Å²) in [7, 11) is -4.04. The van der Waals surface area contributed by atoms with Gasteiger partial charge in [-0.3, -0.25) is 14.5 Å². The number of nitrogens with zero attached hydrogens (tertiary/aromatic N) is 4. The van der Waals surface area contributed by atoms with E-state index < -0.39 is 27.6 Å². The van der Waals surface area contributed by atoms with Crippen LogP contribution in [0, 0.1) is 5.92 Å². The van der Waals surface area contributed by atoms with Gasteiger partial charge in [0, 0.05) is 12.7 Å². The third kappa shape index (κ3) is 3.91. The van der Waals surface area contributed by atoms with Crippen LogP contribution in [0.15, 0.2) is 51.9 Å². The Hall–Kier alpha value is -3.11. The number of aromatic nitrogens is 1. The minimum atomic E-state index is -4.04. The normalized spacial score (nSPS) is 19.3. The number of para-hydroxylation sites is 1. The van der Waals surface area contributed by atoms with E-state index >= 15 is 0 Å². The van der Waals surface area contributed by atoms with Crippen molar-refractivity contribution in [2.24, 2.45) is 10.3 Å². The molecule has 0 radical (unpaired) electrons. The van der Waals surface area contributed by atoms with Gasteiger partial charge in [-0.2, -0.15) is 8.42 Å². The summed E-state index contributed by atoms with van der Waals surface area (Å²) in [6.07, 6.45) is 2.22. The maximum absolute atomic E-state index is 13.5. The summed E-state index contributed by atoms with van der Waals surface area (Å²) in [5.74, 6) is -2.29. The minimum absolute atomic E-state index is 0.0117. The standard InChI is InChI=1S/C22H25N5O4S/c1-3-26(4-2)13-8-14-27-21-15(9-7-12-23-21)19(28)18(22(27)29)20-24-16-10-5-6-11-17(16)32(30,31)25-20/h5-7,9-12,18H,3-4,8,13-14H2,1-2H3,(H,24,25). The van der Waals surface area contributed by atoms with Crippen molar-refractivity contribution in [2.75, 3.05) is 36.4 Å². The van der Waals surface area contributed by atoms with Crippen LogP contribution >= 0.6 is 0 Å². The van der Waals surface area contributed by atoms with E-state index in [0.717, 1.165) is 19.6 Å². The summed E-state index contributed by atoms with van der Waals surface area (Å²) in [4.78, 5) is 34.7. The molecule has 1 aromatic heterocycles. The monoisotopic (exact) mass is 455 g/mol. The van der Waals surface area contributed by atoms with Crippen LogP contribution in [0.4, 0.5) is 11.5 Å². The number of Topliss-reactive ketones (excluding diaryl/α,β-unsaturated/α-hetero) is 1. The minimum Gasteiger partial charge on any atom is -0.341 e. The fraction of sp³-hybridized carbons (Fsp3) is 0.364. The van der Waals surface area contributed by atoms with Gasteiger partial charge >= 0.3 is 0 Å². The molecule has 0 aliphatic carbocycles. The number of carbonyl (C=O) groups excluding carboxylic acids is 2. The number of sulfonamides is 1. The largest absolute Gasteiger partial charge is 0.341 e. The zero-order chi connectivity index (χ0) is 22.9. The van der Waals surface area contributed by atoms with E-state index in [1.165, 1.54) is 17.2 Å². The lowest BCUT2D eigenvalue weighted by Crippen LogP contribution is -2.51. The number of amides is 1. The van der Waals surface area contributed by atoms with Crippen molar-refractivity contribution in [3.05, 3.63) is 48.2 Å². The van der Waals surface area contributed by atoms with Gasteiger partial charge in [-0.25, -0.2) is 4.98 Å². The van der Waals surface area contributed by atoms with Crippen molar-refractivity contribution in [1.82, 2.24) is 9.88 Å². The number of benzene rings is 1. The zero-order valence-corrected chi connectivity index (χ0v) is 18.8. The highest BCUT2D eigenvalue weighted by Gasteiger charge is 2.45. The van der Waals surface area contributed by atoms with Crippen LogP contribution in [0.1, 0.15) is 30.6 Å². The van der Waals surface area contributed by atoms with E-state index in [1.807, 2.05) is 0 Å². The Kier molecular flexibility index (Phi) is 6.07. The molecule has 2 aliphatic rings. The Morgan fingerprint density at radius 2 is 1.84 bits per heavy atom. The molecule has 1 atom stereocenters. The Balaban J connectivity index is 1.69. The second-order valence-corrected chi connectivity index (χ2v) is 9.19. The van der Waals surface area contributed by atoms with Gasteiger partial charge in [0.15, 0.2) is 11.7 Å². The molecule has 168 valence electrons. The van der Waals surface area contributed by atoms with Crippen LogP contribution in [0.25, 0.3) is 0 Å². The summed E-state index contributed by atoms with van der Waals surface area (Å²) >= 11 is 0. The predicted molar refractivity (Wildman–Crippen MR) is 122 cm³/mol. The molecule has 0 spiro atoms. The quantitative estimate of drug-likeness (QED) is 0.637. The van der Waals surface area contributed by atoms with Crippen molar-refractivity contribution in [2.45, 2.75) is 25.2 Å². The molecule has 9 nitrogen and oxygen atoms in total. The van der Waals surface area contributed by atoms with Gasteiger partial charge in [-0.1, -0.05) is 26.0 Å². The number of fused-ring (bicyclic) bond motifs is 2. The fourth-order valence-electron chi connectivity index (χ4n) is 4.04. The average molecular weight is 456 g/mol. The molecule has 0 saturated heterocycles. The molecule has 1 unspecified atom stereocenters. The molecule has 3 heterocycles.